The Morgan fingerprint density at radius 1 is 0.707 bits per heavy atom. The van der Waals surface area contributed by atoms with Crippen LogP contribution in [0.2, 0.25) is 0 Å². The number of ether oxygens (including phenoxy) is 3. The zero-order chi connectivity index (χ0) is 28.3. The zero-order valence-electron chi connectivity index (χ0n) is 23.3. The molecule has 1 saturated carbocycles. The summed E-state index contributed by atoms with van der Waals surface area (Å²) >= 11 is 0. The van der Waals surface area contributed by atoms with Crippen LogP contribution in [0, 0.1) is 0 Å². The molecular formula is C35H35NO5. The number of hydrogen-bond donors (Lipinski definition) is 0. The molecule has 1 aliphatic carbocycles. The topological polar surface area (TPSA) is 66.4 Å². The van der Waals surface area contributed by atoms with Crippen molar-refractivity contribution in [2.24, 2.45) is 5.16 Å². The highest BCUT2D eigenvalue weighted by atomic mass is 16.6. The standard InChI is InChI=1S/C35H35NO5/c1-38-31-21-17-30(18-22-31)35(23-9-4-10-24-35)34(37)41-32-19-15-29(16-20-32)33(39-25-27-11-5-2-6-12-27)36-40-26-28-13-7-3-8-14-28/h2-3,5-8,11-22H,4,9-10,23-26H2,1H3. The van der Waals surface area contributed by atoms with Gasteiger partial charge in [0.2, 0.25) is 0 Å². The van der Waals surface area contributed by atoms with Crippen LogP contribution in [0.3, 0.4) is 0 Å². The second-order valence-corrected chi connectivity index (χ2v) is 10.2. The number of oxime groups is 1. The number of methoxy groups -OCH3 is 1. The molecule has 0 saturated heterocycles. The van der Waals surface area contributed by atoms with E-state index in [1.165, 1.54) is 0 Å². The van der Waals surface area contributed by atoms with Crippen molar-refractivity contribution >= 4 is 11.9 Å². The van der Waals surface area contributed by atoms with Crippen molar-refractivity contribution in [2.45, 2.75) is 50.7 Å². The maximum atomic E-state index is 13.7. The van der Waals surface area contributed by atoms with Crippen LogP contribution < -0.4 is 9.47 Å². The fourth-order valence-electron chi connectivity index (χ4n) is 5.17. The van der Waals surface area contributed by atoms with E-state index in [0.717, 1.165) is 60.1 Å². The molecule has 0 bridgehead atoms. The molecule has 210 valence electrons. The molecule has 6 heteroatoms. The predicted molar refractivity (Wildman–Crippen MR) is 159 cm³/mol. The van der Waals surface area contributed by atoms with Gasteiger partial charge in [-0.15, -0.1) is 0 Å². The number of rotatable bonds is 10. The smallest absolute Gasteiger partial charge is 0.321 e. The third-order valence-corrected chi connectivity index (χ3v) is 7.49. The van der Waals surface area contributed by atoms with Crippen LogP contribution in [-0.2, 0) is 33.0 Å². The lowest BCUT2D eigenvalue weighted by molar-refractivity contribution is -0.142. The van der Waals surface area contributed by atoms with Gasteiger partial charge in [-0.1, -0.05) is 92.1 Å². The number of esters is 1. The lowest BCUT2D eigenvalue weighted by atomic mass is 9.69. The highest BCUT2D eigenvalue weighted by Crippen LogP contribution is 2.41. The van der Waals surface area contributed by atoms with Crippen LogP contribution in [-0.4, -0.2) is 19.0 Å². The summed E-state index contributed by atoms with van der Waals surface area (Å²) in [4.78, 5) is 19.3. The van der Waals surface area contributed by atoms with Gasteiger partial charge >= 0.3 is 5.97 Å². The van der Waals surface area contributed by atoms with E-state index in [2.05, 4.69) is 5.16 Å². The number of nitrogens with zero attached hydrogens (tertiary/aromatic N) is 1. The molecule has 4 aromatic carbocycles. The maximum Gasteiger partial charge on any atom is 0.321 e. The van der Waals surface area contributed by atoms with Crippen LogP contribution in [0.15, 0.2) is 114 Å². The Morgan fingerprint density at radius 2 is 1.29 bits per heavy atom. The van der Waals surface area contributed by atoms with Gasteiger partial charge in [-0.05, 0) is 71.1 Å². The highest BCUT2D eigenvalue weighted by molar-refractivity contribution is 5.94. The maximum absolute atomic E-state index is 13.7. The first kappa shape index (κ1) is 28.0. The molecule has 6 nitrogen and oxygen atoms in total. The first-order valence-corrected chi connectivity index (χ1v) is 14.0. The molecule has 1 aliphatic rings. The van der Waals surface area contributed by atoms with Crippen LogP contribution in [0.5, 0.6) is 11.5 Å². The van der Waals surface area contributed by atoms with Crippen molar-refractivity contribution in [3.05, 3.63) is 131 Å². The molecule has 0 unspecified atom stereocenters. The average Bonchev–Trinajstić information content (AvgIpc) is 3.04. The van der Waals surface area contributed by atoms with Gasteiger partial charge in [0.05, 0.1) is 12.5 Å². The Labute approximate surface area is 241 Å². The summed E-state index contributed by atoms with van der Waals surface area (Å²) in [6.45, 7) is 0.664. The fourth-order valence-corrected chi connectivity index (χ4v) is 5.17. The highest BCUT2D eigenvalue weighted by Gasteiger charge is 2.43. The summed E-state index contributed by atoms with van der Waals surface area (Å²) in [7, 11) is 1.64. The van der Waals surface area contributed by atoms with Gasteiger partial charge < -0.3 is 19.0 Å². The van der Waals surface area contributed by atoms with Gasteiger partial charge in [0.1, 0.15) is 24.7 Å². The van der Waals surface area contributed by atoms with E-state index in [1.54, 1.807) is 19.2 Å². The summed E-state index contributed by atoms with van der Waals surface area (Å²) < 4.78 is 17.4. The number of carbonyl (C=O) groups excluding carboxylic acids is 1. The molecule has 0 spiro atoms. The predicted octanol–water partition coefficient (Wildman–Crippen LogP) is 7.60. The number of benzene rings is 4. The monoisotopic (exact) mass is 549 g/mol. The molecule has 0 aliphatic heterocycles. The van der Waals surface area contributed by atoms with E-state index in [1.807, 2.05) is 97.1 Å². The first-order valence-electron chi connectivity index (χ1n) is 14.0. The number of hydrogen-bond acceptors (Lipinski definition) is 6. The van der Waals surface area contributed by atoms with E-state index in [9.17, 15) is 4.79 Å². The Morgan fingerprint density at radius 3 is 1.90 bits per heavy atom. The molecule has 0 radical (unpaired) electrons. The Hall–Kier alpha value is -4.58. The van der Waals surface area contributed by atoms with Gasteiger partial charge in [0.25, 0.3) is 5.90 Å². The molecule has 0 atom stereocenters. The summed E-state index contributed by atoms with van der Waals surface area (Å²) in [6, 6.07) is 34.7. The van der Waals surface area contributed by atoms with Crippen molar-refractivity contribution in [1.29, 1.82) is 0 Å². The Bertz CT molecular complexity index is 1410. The largest absolute Gasteiger partial charge is 0.497 e. The van der Waals surface area contributed by atoms with Gasteiger partial charge in [-0.3, -0.25) is 4.79 Å². The minimum atomic E-state index is -0.667. The van der Waals surface area contributed by atoms with Crippen molar-refractivity contribution in [3.63, 3.8) is 0 Å². The Balaban J connectivity index is 1.32. The van der Waals surface area contributed by atoms with Crippen LogP contribution in [0.25, 0.3) is 0 Å². The molecule has 4 aromatic rings. The molecule has 5 rings (SSSR count). The van der Waals surface area contributed by atoms with E-state index in [4.69, 9.17) is 19.0 Å². The van der Waals surface area contributed by atoms with Gasteiger partial charge in [0, 0.05) is 5.56 Å². The van der Waals surface area contributed by atoms with Crippen LogP contribution in [0.1, 0.15) is 54.4 Å². The molecule has 1 fully saturated rings. The van der Waals surface area contributed by atoms with Gasteiger partial charge in [0.15, 0.2) is 0 Å². The van der Waals surface area contributed by atoms with Gasteiger partial charge in [-0.2, -0.15) is 0 Å². The molecule has 0 aromatic heterocycles. The normalized spacial score (nSPS) is 14.6. The third kappa shape index (κ3) is 7.14. The minimum absolute atomic E-state index is 0.226. The van der Waals surface area contributed by atoms with E-state index in [-0.39, 0.29) is 5.97 Å². The van der Waals surface area contributed by atoms with E-state index >= 15 is 0 Å². The molecule has 41 heavy (non-hydrogen) atoms. The summed E-state index contributed by atoms with van der Waals surface area (Å²) in [5, 5.41) is 4.31. The Kier molecular flexibility index (Phi) is 9.32. The summed E-state index contributed by atoms with van der Waals surface area (Å²) in [5.74, 6) is 1.37. The van der Waals surface area contributed by atoms with Crippen molar-refractivity contribution in [1.82, 2.24) is 0 Å². The number of carbonyl (C=O) groups is 1. The van der Waals surface area contributed by atoms with E-state index in [0.29, 0.717) is 24.9 Å². The fraction of sp³-hybridized carbons (Fsp3) is 0.257. The quantitative estimate of drug-likeness (QED) is 0.0670. The first-order chi connectivity index (χ1) is 20.2. The van der Waals surface area contributed by atoms with Crippen molar-refractivity contribution < 1.29 is 23.8 Å². The van der Waals surface area contributed by atoms with Crippen LogP contribution in [0.4, 0.5) is 0 Å². The van der Waals surface area contributed by atoms with E-state index < -0.39 is 5.41 Å². The molecule has 0 amide bonds. The summed E-state index contributed by atoms with van der Waals surface area (Å²) in [6.07, 6.45) is 4.62. The minimum Gasteiger partial charge on any atom is -0.497 e. The SMILES string of the molecule is COc1ccc(C2(C(=O)Oc3ccc(C(=NOCc4ccccc4)OCc4ccccc4)cc3)CCCCC2)cc1. The lowest BCUT2D eigenvalue weighted by Crippen LogP contribution is -2.41. The molecular weight excluding hydrogens is 514 g/mol. The van der Waals surface area contributed by atoms with Crippen molar-refractivity contribution in [3.8, 4) is 11.5 Å². The van der Waals surface area contributed by atoms with Crippen molar-refractivity contribution in [2.75, 3.05) is 7.11 Å². The second kappa shape index (κ2) is 13.7. The molecule has 0 heterocycles. The lowest BCUT2D eigenvalue weighted by Gasteiger charge is -2.35. The third-order valence-electron chi connectivity index (χ3n) is 7.49. The second-order valence-electron chi connectivity index (χ2n) is 10.2. The average molecular weight is 550 g/mol. The molecule has 0 N–H and O–H groups in total. The summed E-state index contributed by atoms with van der Waals surface area (Å²) in [5.41, 5.74) is 3.05. The van der Waals surface area contributed by atoms with Gasteiger partial charge in [-0.25, -0.2) is 0 Å². The zero-order valence-corrected chi connectivity index (χ0v) is 23.3. The van der Waals surface area contributed by atoms with Crippen LogP contribution >= 0.6 is 0 Å².